The van der Waals surface area contributed by atoms with Gasteiger partial charge in [-0.3, -0.25) is 0 Å². The molecule has 0 saturated heterocycles. The summed E-state index contributed by atoms with van der Waals surface area (Å²) in [5.41, 5.74) is 4.40. The third kappa shape index (κ3) is 3.24. The van der Waals surface area contributed by atoms with E-state index in [1.807, 2.05) is 42.8 Å². The molecular weight excluding hydrogens is 308 g/mol. The van der Waals surface area contributed by atoms with Crippen LogP contribution in [0.25, 0.3) is 28.0 Å². The number of hydrogen-bond donors (Lipinski definition) is 0. The Bertz CT molecular complexity index is 936. The quantitative estimate of drug-likeness (QED) is 0.543. The molecule has 1 aromatic heterocycles. The Hall–Kier alpha value is -3.13. The van der Waals surface area contributed by atoms with Crippen LogP contribution >= 0.6 is 0 Å². The molecule has 1 aliphatic carbocycles. The van der Waals surface area contributed by atoms with Crippen LogP contribution < -0.4 is 4.74 Å². The van der Waals surface area contributed by atoms with Crippen LogP contribution in [0.2, 0.25) is 0 Å². The monoisotopic (exact) mass is 326 g/mol. The van der Waals surface area contributed by atoms with Crippen LogP contribution in [-0.2, 0) is 0 Å². The molecule has 1 radical (unpaired) electrons. The molecule has 0 fully saturated rings. The van der Waals surface area contributed by atoms with Gasteiger partial charge in [0.05, 0.1) is 30.4 Å². The van der Waals surface area contributed by atoms with Crippen LogP contribution in [0.4, 0.5) is 0 Å². The molecule has 4 rings (SSSR count). The Kier molecular flexibility index (Phi) is 4.17. The molecule has 0 amide bonds. The molecule has 0 bridgehead atoms. The Morgan fingerprint density at radius 2 is 1.52 bits per heavy atom. The summed E-state index contributed by atoms with van der Waals surface area (Å²) < 4.78 is 11.5. The average Bonchev–Trinajstić information content (AvgIpc) is 3.23. The lowest BCUT2D eigenvalue weighted by Crippen LogP contribution is -1.88. The van der Waals surface area contributed by atoms with Crippen molar-refractivity contribution in [2.75, 3.05) is 7.11 Å². The van der Waals surface area contributed by atoms with Gasteiger partial charge in [-0.2, -0.15) is 0 Å². The smallest absolute Gasteiger partial charge is 0.361 e. The fourth-order valence-electron chi connectivity index (χ4n) is 2.88. The van der Waals surface area contributed by atoms with Gasteiger partial charge in [0, 0.05) is 12.0 Å². The molecular formula is C23H18O2+. The fourth-order valence-corrected chi connectivity index (χ4v) is 2.88. The summed E-state index contributed by atoms with van der Waals surface area (Å²) in [6.45, 7) is 0. The standard InChI is InChI=1S/C23H18O2/c1-24-21-13-11-19(12-14-21)23-16-20(17-7-3-2-4-8-17)15-22(25-23)18-9-5-6-10-18/h2-16H,1H3/q+1. The number of ether oxygens (including phenoxy) is 1. The maximum Gasteiger partial charge on any atom is 0.361 e. The van der Waals surface area contributed by atoms with Crippen LogP contribution in [0.1, 0.15) is 5.76 Å². The van der Waals surface area contributed by atoms with Gasteiger partial charge in [-0.15, -0.1) is 0 Å². The lowest BCUT2D eigenvalue weighted by Gasteiger charge is -2.02. The van der Waals surface area contributed by atoms with Gasteiger partial charge in [-0.1, -0.05) is 42.5 Å². The highest BCUT2D eigenvalue weighted by Gasteiger charge is 2.22. The topological polar surface area (TPSA) is 20.5 Å². The van der Waals surface area contributed by atoms with Crippen LogP contribution in [0, 0.1) is 6.42 Å². The number of hydrogen-bond acceptors (Lipinski definition) is 1. The third-order valence-corrected chi connectivity index (χ3v) is 4.22. The largest absolute Gasteiger partial charge is 0.497 e. The van der Waals surface area contributed by atoms with Crippen LogP contribution in [-0.4, -0.2) is 7.11 Å². The summed E-state index contributed by atoms with van der Waals surface area (Å²) in [4.78, 5) is 0. The first-order valence-corrected chi connectivity index (χ1v) is 8.23. The normalized spacial score (nSPS) is 12.9. The van der Waals surface area contributed by atoms with Crippen molar-refractivity contribution in [2.24, 2.45) is 0 Å². The lowest BCUT2D eigenvalue weighted by atomic mass is 10.0. The third-order valence-electron chi connectivity index (χ3n) is 4.22. The molecule has 0 unspecified atom stereocenters. The second-order valence-electron chi connectivity index (χ2n) is 5.84. The van der Waals surface area contributed by atoms with Crippen molar-refractivity contribution in [3.63, 3.8) is 0 Å². The fraction of sp³-hybridized carbons (Fsp3) is 0.0435. The van der Waals surface area contributed by atoms with Crippen LogP contribution in [0.3, 0.4) is 0 Å². The highest BCUT2D eigenvalue weighted by molar-refractivity contribution is 5.80. The van der Waals surface area contributed by atoms with Gasteiger partial charge in [-0.05, 0) is 35.9 Å². The zero-order valence-electron chi connectivity index (χ0n) is 14.0. The highest BCUT2D eigenvalue weighted by atomic mass is 16.5. The van der Waals surface area contributed by atoms with Crippen LogP contribution in [0.15, 0.2) is 89.4 Å². The van der Waals surface area contributed by atoms with Crippen molar-refractivity contribution < 1.29 is 9.15 Å². The van der Waals surface area contributed by atoms with E-state index in [1.54, 1.807) is 7.11 Å². The van der Waals surface area contributed by atoms with Crippen LogP contribution in [0.5, 0.6) is 5.75 Å². The second-order valence-corrected chi connectivity index (χ2v) is 5.84. The number of benzene rings is 2. The van der Waals surface area contributed by atoms with E-state index in [0.29, 0.717) is 0 Å². The van der Waals surface area contributed by atoms with Crippen molar-refractivity contribution in [1.82, 2.24) is 0 Å². The molecule has 2 aromatic carbocycles. The first kappa shape index (κ1) is 15.4. The van der Waals surface area contributed by atoms with Gasteiger partial charge in [-0.25, -0.2) is 4.42 Å². The summed E-state index contributed by atoms with van der Waals surface area (Å²) in [7, 11) is 1.67. The van der Waals surface area contributed by atoms with E-state index in [0.717, 1.165) is 34.0 Å². The summed E-state index contributed by atoms with van der Waals surface area (Å²) in [6.07, 6.45) is 8.16. The molecule has 0 N–H and O–H groups in total. The van der Waals surface area contributed by atoms with Gasteiger partial charge >= 0.3 is 11.5 Å². The van der Waals surface area contributed by atoms with Gasteiger partial charge in [0.15, 0.2) is 0 Å². The molecule has 2 nitrogen and oxygen atoms in total. The lowest BCUT2D eigenvalue weighted by molar-refractivity contribution is 0.415. The first-order valence-electron chi connectivity index (χ1n) is 8.23. The molecule has 2 heteroatoms. The van der Waals surface area contributed by atoms with Gasteiger partial charge in [0.2, 0.25) is 0 Å². The Labute approximate surface area is 147 Å². The minimum Gasteiger partial charge on any atom is -0.497 e. The van der Waals surface area contributed by atoms with Gasteiger partial charge < -0.3 is 4.74 Å². The molecule has 1 heterocycles. The summed E-state index contributed by atoms with van der Waals surface area (Å²) in [6, 6.07) is 22.5. The number of allylic oxidation sites excluding steroid dienone is 4. The minimum absolute atomic E-state index is 0.833. The highest BCUT2D eigenvalue weighted by Crippen LogP contribution is 2.33. The zero-order chi connectivity index (χ0) is 17.1. The van der Waals surface area contributed by atoms with E-state index in [9.17, 15) is 0 Å². The molecule has 3 aromatic rings. The maximum atomic E-state index is 6.20. The summed E-state index contributed by atoms with van der Waals surface area (Å²) in [5.74, 6) is 2.52. The second kappa shape index (κ2) is 6.78. The summed E-state index contributed by atoms with van der Waals surface area (Å²) >= 11 is 0. The SMILES string of the molecule is COc1ccc(-c2cc(-c3ccccc3)cc(C3=C[CH]C=C3)[o+]2)cc1. The van der Waals surface area contributed by atoms with E-state index in [4.69, 9.17) is 9.15 Å². The van der Waals surface area contributed by atoms with Crippen molar-refractivity contribution in [2.45, 2.75) is 0 Å². The van der Waals surface area contributed by atoms with Crippen molar-refractivity contribution in [3.8, 4) is 28.2 Å². The van der Waals surface area contributed by atoms with E-state index in [2.05, 4.69) is 48.6 Å². The molecule has 121 valence electrons. The Morgan fingerprint density at radius 1 is 0.760 bits per heavy atom. The minimum atomic E-state index is 0.833. The Morgan fingerprint density at radius 3 is 2.20 bits per heavy atom. The van der Waals surface area contributed by atoms with E-state index in [1.165, 1.54) is 5.56 Å². The molecule has 0 spiro atoms. The van der Waals surface area contributed by atoms with Gasteiger partial charge in [0.1, 0.15) is 5.75 Å². The zero-order valence-corrected chi connectivity index (χ0v) is 14.0. The predicted octanol–water partition coefficient (Wildman–Crippen LogP) is 6.06. The van der Waals surface area contributed by atoms with E-state index < -0.39 is 0 Å². The molecule has 0 saturated carbocycles. The predicted molar refractivity (Wildman–Crippen MR) is 102 cm³/mol. The molecule has 25 heavy (non-hydrogen) atoms. The van der Waals surface area contributed by atoms with Gasteiger partial charge in [0.25, 0.3) is 0 Å². The Balaban J connectivity index is 1.85. The van der Waals surface area contributed by atoms with E-state index in [-0.39, 0.29) is 0 Å². The van der Waals surface area contributed by atoms with Crippen molar-refractivity contribution in [3.05, 3.63) is 97.1 Å². The molecule has 0 aliphatic heterocycles. The van der Waals surface area contributed by atoms with Crippen molar-refractivity contribution in [1.29, 1.82) is 0 Å². The first-order chi connectivity index (χ1) is 12.3. The van der Waals surface area contributed by atoms with Crippen molar-refractivity contribution >= 4 is 5.57 Å². The molecule has 0 atom stereocenters. The molecule has 1 aliphatic rings. The summed E-state index contributed by atoms with van der Waals surface area (Å²) in [5, 5.41) is 0. The van der Waals surface area contributed by atoms with E-state index >= 15 is 0 Å². The number of rotatable bonds is 4. The maximum absolute atomic E-state index is 6.20. The number of methoxy groups -OCH3 is 1. The average molecular weight is 326 g/mol.